The van der Waals surface area contributed by atoms with Crippen molar-refractivity contribution >= 4 is 44.7 Å². The van der Waals surface area contributed by atoms with Crippen LogP contribution in [0.25, 0.3) is 20.8 Å². The van der Waals surface area contributed by atoms with Crippen LogP contribution >= 0.6 is 22.9 Å². The number of benzene rings is 3. The fourth-order valence-electron chi connectivity index (χ4n) is 2.60. The van der Waals surface area contributed by atoms with Crippen LogP contribution < -0.4 is 10.1 Å². The highest BCUT2D eigenvalue weighted by atomic mass is 35.5. The van der Waals surface area contributed by atoms with Crippen molar-refractivity contribution in [1.82, 2.24) is 4.98 Å². The lowest BCUT2D eigenvalue weighted by atomic mass is 10.2. The first-order chi connectivity index (χ1) is 13.2. The molecule has 6 heteroatoms. The van der Waals surface area contributed by atoms with E-state index in [-0.39, 0.29) is 12.5 Å². The van der Waals surface area contributed by atoms with Crippen molar-refractivity contribution in [3.05, 3.63) is 77.8 Å². The maximum atomic E-state index is 12.2. The average molecular weight is 395 g/mol. The summed E-state index contributed by atoms with van der Waals surface area (Å²) in [6.07, 6.45) is 0. The van der Waals surface area contributed by atoms with Gasteiger partial charge < -0.3 is 10.1 Å². The number of carbonyl (C=O) groups is 1. The van der Waals surface area contributed by atoms with Gasteiger partial charge in [0.25, 0.3) is 5.91 Å². The number of fused-ring (bicyclic) bond motifs is 1. The zero-order valence-corrected chi connectivity index (χ0v) is 15.8. The van der Waals surface area contributed by atoms with Crippen molar-refractivity contribution in [2.24, 2.45) is 0 Å². The number of para-hydroxylation sites is 2. The summed E-state index contributed by atoms with van der Waals surface area (Å²) in [6.45, 7) is -0.0916. The Kier molecular flexibility index (Phi) is 5.05. The Bertz CT molecular complexity index is 1060. The summed E-state index contributed by atoms with van der Waals surface area (Å²) in [7, 11) is 0. The Hall–Kier alpha value is -2.89. The van der Waals surface area contributed by atoms with Crippen LogP contribution in [-0.4, -0.2) is 17.5 Å². The molecular weight excluding hydrogens is 380 g/mol. The Morgan fingerprint density at radius 2 is 1.81 bits per heavy atom. The van der Waals surface area contributed by atoms with Gasteiger partial charge in [0.05, 0.1) is 20.9 Å². The first-order valence-corrected chi connectivity index (χ1v) is 9.52. The number of halogens is 1. The molecule has 1 aromatic heterocycles. The van der Waals surface area contributed by atoms with E-state index in [1.165, 1.54) is 0 Å². The zero-order valence-electron chi connectivity index (χ0n) is 14.2. The third-order valence-electron chi connectivity index (χ3n) is 3.89. The molecule has 0 fully saturated rings. The number of anilines is 1. The Balaban J connectivity index is 1.51. The van der Waals surface area contributed by atoms with Crippen molar-refractivity contribution < 1.29 is 9.53 Å². The average Bonchev–Trinajstić information content (AvgIpc) is 3.13. The summed E-state index contributed by atoms with van der Waals surface area (Å²) in [4.78, 5) is 16.9. The van der Waals surface area contributed by atoms with Gasteiger partial charge in [-0.1, -0.05) is 48.0 Å². The molecule has 4 nitrogen and oxygen atoms in total. The molecule has 1 heterocycles. The summed E-state index contributed by atoms with van der Waals surface area (Å²) in [5.74, 6) is 0.365. The minimum absolute atomic E-state index is 0.0916. The molecule has 0 aliphatic carbocycles. The van der Waals surface area contributed by atoms with Gasteiger partial charge in [0.1, 0.15) is 10.8 Å². The van der Waals surface area contributed by atoms with E-state index in [4.69, 9.17) is 16.3 Å². The van der Waals surface area contributed by atoms with E-state index in [9.17, 15) is 4.79 Å². The van der Waals surface area contributed by atoms with E-state index in [1.54, 1.807) is 29.5 Å². The van der Waals surface area contributed by atoms with E-state index < -0.39 is 0 Å². The molecule has 0 saturated heterocycles. The lowest BCUT2D eigenvalue weighted by molar-refractivity contribution is -0.118. The van der Waals surface area contributed by atoms with Crippen molar-refractivity contribution in [2.45, 2.75) is 0 Å². The number of ether oxygens (including phenoxy) is 1. The van der Waals surface area contributed by atoms with Crippen molar-refractivity contribution in [3.63, 3.8) is 0 Å². The number of carbonyl (C=O) groups excluding carboxylic acids is 1. The van der Waals surface area contributed by atoms with Gasteiger partial charge in [-0.15, -0.1) is 11.3 Å². The summed E-state index contributed by atoms with van der Waals surface area (Å²) in [5.41, 5.74) is 2.39. The second-order valence-corrected chi connectivity index (χ2v) is 7.27. The molecule has 134 valence electrons. The van der Waals surface area contributed by atoms with Gasteiger partial charge >= 0.3 is 0 Å². The maximum Gasteiger partial charge on any atom is 0.262 e. The van der Waals surface area contributed by atoms with Crippen LogP contribution in [0.2, 0.25) is 5.02 Å². The van der Waals surface area contributed by atoms with Crippen LogP contribution in [-0.2, 0) is 4.79 Å². The number of hydrogen-bond acceptors (Lipinski definition) is 4. The number of amides is 1. The minimum atomic E-state index is -0.276. The zero-order chi connectivity index (χ0) is 18.6. The molecular formula is C21H15ClN2O2S. The summed E-state index contributed by atoms with van der Waals surface area (Å²) in [6, 6.07) is 22.7. The first kappa shape index (κ1) is 17.5. The maximum absolute atomic E-state index is 12.2. The summed E-state index contributed by atoms with van der Waals surface area (Å²) < 4.78 is 6.58. The molecule has 1 amide bonds. The number of thiazole rings is 1. The van der Waals surface area contributed by atoms with Gasteiger partial charge in [-0.05, 0) is 36.4 Å². The topological polar surface area (TPSA) is 51.2 Å². The van der Waals surface area contributed by atoms with Gasteiger partial charge in [-0.2, -0.15) is 0 Å². The fourth-order valence-corrected chi connectivity index (χ4v) is 3.73. The van der Waals surface area contributed by atoms with E-state index in [1.807, 2.05) is 54.6 Å². The summed E-state index contributed by atoms with van der Waals surface area (Å²) in [5, 5.41) is 4.15. The number of aromatic nitrogens is 1. The molecule has 0 aliphatic heterocycles. The molecule has 0 spiro atoms. The molecule has 4 aromatic rings. The lowest BCUT2D eigenvalue weighted by Crippen LogP contribution is -2.20. The second-order valence-electron chi connectivity index (χ2n) is 5.83. The Morgan fingerprint density at radius 3 is 2.63 bits per heavy atom. The van der Waals surface area contributed by atoms with E-state index in [0.29, 0.717) is 16.5 Å². The van der Waals surface area contributed by atoms with Crippen molar-refractivity contribution in [3.8, 4) is 16.3 Å². The van der Waals surface area contributed by atoms with E-state index >= 15 is 0 Å². The normalized spacial score (nSPS) is 10.7. The molecule has 4 rings (SSSR count). The van der Waals surface area contributed by atoms with Crippen LogP contribution in [0.3, 0.4) is 0 Å². The predicted octanol–water partition coefficient (Wildman–Crippen LogP) is 5.63. The largest absolute Gasteiger partial charge is 0.484 e. The van der Waals surface area contributed by atoms with Gasteiger partial charge in [0.15, 0.2) is 6.61 Å². The Morgan fingerprint density at radius 1 is 1.04 bits per heavy atom. The third-order valence-corrected chi connectivity index (χ3v) is 5.31. The fraction of sp³-hybridized carbons (Fsp3) is 0.0476. The highest BCUT2D eigenvalue weighted by Gasteiger charge is 2.11. The van der Waals surface area contributed by atoms with Gasteiger partial charge in [-0.25, -0.2) is 4.98 Å². The predicted molar refractivity (Wildman–Crippen MR) is 111 cm³/mol. The van der Waals surface area contributed by atoms with E-state index in [2.05, 4.69) is 10.3 Å². The quantitative estimate of drug-likeness (QED) is 0.477. The number of nitrogens with one attached hydrogen (secondary N) is 1. The van der Waals surface area contributed by atoms with Crippen LogP contribution in [0.4, 0.5) is 5.69 Å². The third kappa shape index (κ3) is 4.10. The minimum Gasteiger partial charge on any atom is -0.484 e. The van der Waals surface area contributed by atoms with Crippen LogP contribution in [0.1, 0.15) is 0 Å². The van der Waals surface area contributed by atoms with Gasteiger partial charge in [-0.3, -0.25) is 4.79 Å². The number of rotatable bonds is 5. The molecule has 0 aliphatic rings. The molecule has 0 radical (unpaired) electrons. The SMILES string of the molecule is O=C(COc1ccccc1)Nc1cc(-c2nc3ccccc3s2)ccc1Cl. The lowest BCUT2D eigenvalue weighted by Gasteiger charge is -2.10. The highest BCUT2D eigenvalue weighted by molar-refractivity contribution is 7.21. The van der Waals surface area contributed by atoms with Crippen LogP contribution in [0, 0.1) is 0 Å². The molecule has 0 bridgehead atoms. The van der Waals surface area contributed by atoms with Gasteiger partial charge in [0.2, 0.25) is 0 Å². The number of hydrogen-bond donors (Lipinski definition) is 1. The first-order valence-electron chi connectivity index (χ1n) is 8.32. The molecule has 0 saturated carbocycles. The standard InChI is InChI=1S/C21H15ClN2O2S/c22-16-11-10-14(21-24-17-8-4-5-9-19(17)27-21)12-18(16)23-20(25)13-26-15-6-2-1-3-7-15/h1-12H,13H2,(H,23,25). The summed E-state index contributed by atoms with van der Waals surface area (Å²) >= 11 is 7.85. The molecule has 0 unspecified atom stereocenters. The monoisotopic (exact) mass is 394 g/mol. The Labute approximate surface area is 165 Å². The number of nitrogens with zero attached hydrogens (tertiary/aromatic N) is 1. The molecule has 0 atom stereocenters. The molecule has 1 N–H and O–H groups in total. The molecule has 3 aromatic carbocycles. The second kappa shape index (κ2) is 7.78. The highest BCUT2D eigenvalue weighted by Crippen LogP contribution is 2.33. The van der Waals surface area contributed by atoms with Gasteiger partial charge in [0, 0.05) is 5.56 Å². The smallest absolute Gasteiger partial charge is 0.262 e. The van der Waals surface area contributed by atoms with Crippen LogP contribution in [0.15, 0.2) is 72.8 Å². The van der Waals surface area contributed by atoms with Crippen molar-refractivity contribution in [1.29, 1.82) is 0 Å². The van der Waals surface area contributed by atoms with Crippen molar-refractivity contribution in [2.75, 3.05) is 11.9 Å². The van der Waals surface area contributed by atoms with E-state index in [0.717, 1.165) is 20.8 Å². The molecule has 27 heavy (non-hydrogen) atoms. The van der Waals surface area contributed by atoms with Crippen LogP contribution in [0.5, 0.6) is 5.75 Å².